The molecule has 0 saturated carbocycles. The van der Waals surface area contributed by atoms with Gasteiger partial charge in [0.1, 0.15) is 35.6 Å². The number of aromatic amines is 1. The molecule has 1 atom stereocenters. The normalized spacial score (nSPS) is 15.0. The van der Waals surface area contributed by atoms with E-state index in [1.165, 1.54) is 12.1 Å². The summed E-state index contributed by atoms with van der Waals surface area (Å²) in [6.07, 6.45) is 0. The quantitative estimate of drug-likeness (QED) is 0.489. The summed E-state index contributed by atoms with van der Waals surface area (Å²) >= 11 is 0. The SMILES string of the molecule is N#CC1=C(N)Oc2c(c(=O)[nH]c3ccccc23)C1c1ccc(OCc2ccc(F)cc2)cc1. The zero-order valence-corrected chi connectivity index (χ0v) is 17.3. The Kier molecular flexibility index (Phi) is 5.04. The van der Waals surface area contributed by atoms with Gasteiger partial charge in [-0.3, -0.25) is 4.79 Å². The summed E-state index contributed by atoms with van der Waals surface area (Å²) in [4.78, 5) is 15.9. The molecule has 5 rings (SSSR count). The summed E-state index contributed by atoms with van der Waals surface area (Å²) in [5, 5.41) is 10.5. The summed E-state index contributed by atoms with van der Waals surface area (Å²) in [7, 11) is 0. The molecule has 0 bridgehead atoms. The molecule has 2 heterocycles. The lowest BCUT2D eigenvalue weighted by Gasteiger charge is -2.26. The molecule has 0 radical (unpaired) electrons. The van der Waals surface area contributed by atoms with Crippen LogP contribution in [0.4, 0.5) is 4.39 Å². The van der Waals surface area contributed by atoms with Crippen molar-refractivity contribution in [2.24, 2.45) is 5.73 Å². The van der Waals surface area contributed by atoms with Crippen LogP contribution in [-0.4, -0.2) is 4.98 Å². The van der Waals surface area contributed by atoms with E-state index in [4.69, 9.17) is 15.2 Å². The Hall–Kier alpha value is -4.57. The minimum atomic E-state index is -0.682. The molecule has 0 spiro atoms. The number of halogens is 1. The number of para-hydroxylation sites is 1. The molecule has 4 aromatic rings. The first-order valence-corrected chi connectivity index (χ1v) is 10.2. The molecule has 6 nitrogen and oxygen atoms in total. The van der Waals surface area contributed by atoms with Crippen molar-refractivity contribution < 1.29 is 13.9 Å². The topological polar surface area (TPSA) is 101 Å². The van der Waals surface area contributed by atoms with Crippen LogP contribution < -0.4 is 20.8 Å². The zero-order chi connectivity index (χ0) is 22.9. The third kappa shape index (κ3) is 3.68. The first-order valence-electron chi connectivity index (χ1n) is 10.2. The molecular formula is C26H18FN3O3. The number of aromatic nitrogens is 1. The number of nitrogens with zero attached hydrogens (tertiary/aromatic N) is 1. The number of ether oxygens (including phenoxy) is 2. The fourth-order valence-electron chi connectivity index (χ4n) is 4.01. The molecule has 1 unspecified atom stereocenters. The second-order valence-corrected chi connectivity index (χ2v) is 7.65. The van der Waals surface area contributed by atoms with E-state index in [1.54, 1.807) is 42.5 Å². The van der Waals surface area contributed by atoms with Crippen molar-refractivity contribution in [3.8, 4) is 17.6 Å². The maximum absolute atomic E-state index is 13.1. The molecule has 0 saturated heterocycles. The minimum absolute atomic E-state index is 0.0256. The fraction of sp³-hybridized carbons (Fsp3) is 0.0769. The molecule has 1 aliphatic rings. The first kappa shape index (κ1) is 20.3. The number of allylic oxidation sites excluding steroid dienone is 1. The zero-order valence-electron chi connectivity index (χ0n) is 17.3. The third-order valence-electron chi connectivity index (χ3n) is 5.62. The van der Waals surface area contributed by atoms with E-state index >= 15 is 0 Å². The lowest BCUT2D eigenvalue weighted by Crippen LogP contribution is -2.27. The Balaban J connectivity index is 1.52. The van der Waals surface area contributed by atoms with Gasteiger partial charge >= 0.3 is 0 Å². The number of rotatable bonds is 4. The molecule has 0 amide bonds. The number of benzene rings is 3. The van der Waals surface area contributed by atoms with E-state index in [-0.39, 0.29) is 29.4 Å². The molecular weight excluding hydrogens is 421 g/mol. The van der Waals surface area contributed by atoms with Crippen LogP contribution in [0.3, 0.4) is 0 Å². The van der Waals surface area contributed by atoms with Gasteiger partial charge in [-0.25, -0.2) is 4.39 Å². The molecule has 33 heavy (non-hydrogen) atoms. The van der Waals surface area contributed by atoms with Crippen LogP contribution in [0, 0.1) is 17.1 Å². The fourth-order valence-corrected chi connectivity index (χ4v) is 4.01. The Morgan fingerprint density at radius 1 is 1.06 bits per heavy atom. The van der Waals surface area contributed by atoms with Crippen molar-refractivity contribution in [1.82, 2.24) is 4.98 Å². The average molecular weight is 439 g/mol. The van der Waals surface area contributed by atoms with Crippen molar-refractivity contribution in [1.29, 1.82) is 5.26 Å². The van der Waals surface area contributed by atoms with Gasteiger partial charge in [0, 0.05) is 5.39 Å². The number of hydrogen-bond acceptors (Lipinski definition) is 5. The maximum Gasteiger partial charge on any atom is 0.256 e. The Morgan fingerprint density at radius 3 is 2.52 bits per heavy atom. The van der Waals surface area contributed by atoms with E-state index in [2.05, 4.69) is 11.1 Å². The standard InChI is InChI=1S/C26H18FN3O3/c27-17-9-5-15(6-10-17)14-32-18-11-7-16(8-12-18)22-20(13-28)25(29)33-24-19-3-1-2-4-21(19)30-26(31)23(22)24/h1-12,22H,14,29H2,(H,30,31). The van der Waals surface area contributed by atoms with Crippen LogP contribution in [0.1, 0.15) is 22.6 Å². The second kappa shape index (κ2) is 8.17. The largest absolute Gasteiger partial charge is 0.489 e. The number of nitriles is 1. The second-order valence-electron chi connectivity index (χ2n) is 7.65. The lowest BCUT2D eigenvalue weighted by molar-refractivity contribution is 0.306. The summed E-state index contributed by atoms with van der Waals surface area (Å²) in [5.74, 6) is -0.0606. The molecule has 1 aromatic heterocycles. The number of nitrogens with one attached hydrogen (secondary N) is 1. The van der Waals surface area contributed by atoms with E-state index in [0.717, 1.165) is 5.56 Å². The molecule has 0 fully saturated rings. The Labute approximate surface area is 188 Å². The molecule has 1 aliphatic heterocycles. The van der Waals surface area contributed by atoms with Gasteiger partial charge in [0.05, 0.1) is 17.0 Å². The molecule has 3 aromatic carbocycles. The highest BCUT2D eigenvalue weighted by Gasteiger charge is 2.34. The summed E-state index contributed by atoms with van der Waals surface area (Å²) in [6.45, 7) is 0.279. The summed E-state index contributed by atoms with van der Waals surface area (Å²) in [5.41, 5.74) is 8.42. The van der Waals surface area contributed by atoms with Gasteiger partial charge < -0.3 is 20.2 Å². The minimum Gasteiger partial charge on any atom is -0.489 e. The summed E-state index contributed by atoms with van der Waals surface area (Å²) in [6, 6.07) is 22.5. The highest BCUT2D eigenvalue weighted by atomic mass is 19.1. The van der Waals surface area contributed by atoms with Crippen molar-refractivity contribution in [2.45, 2.75) is 12.5 Å². The average Bonchev–Trinajstić information content (AvgIpc) is 2.83. The van der Waals surface area contributed by atoms with Crippen LogP contribution in [0.15, 0.2) is 89.0 Å². The highest BCUT2D eigenvalue weighted by molar-refractivity contribution is 5.87. The lowest BCUT2D eigenvalue weighted by atomic mass is 9.83. The van der Waals surface area contributed by atoms with Crippen molar-refractivity contribution in [2.75, 3.05) is 0 Å². The number of H-pyrrole nitrogens is 1. The van der Waals surface area contributed by atoms with Gasteiger partial charge in [-0.1, -0.05) is 36.4 Å². The first-order chi connectivity index (χ1) is 16.0. The predicted octanol–water partition coefficient (Wildman–Crippen LogP) is 4.46. The van der Waals surface area contributed by atoms with Gasteiger partial charge in [-0.2, -0.15) is 5.26 Å². The van der Waals surface area contributed by atoms with E-state index in [0.29, 0.717) is 33.5 Å². The van der Waals surface area contributed by atoms with Gasteiger partial charge in [0.2, 0.25) is 5.88 Å². The maximum atomic E-state index is 13.1. The molecule has 3 N–H and O–H groups in total. The third-order valence-corrected chi connectivity index (χ3v) is 5.62. The van der Waals surface area contributed by atoms with E-state index in [9.17, 15) is 14.4 Å². The highest BCUT2D eigenvalue weighted by Crippen LogP contribution is 2.43. The Bertz CT molecular complexity index is 1480. The predicted molar refractivity (Wildman–Crippen MR) is 121 cm³/mol. The van der Waals surface area contributed by atoms with E-state index in [1.807, 2.05) is 18.2 Å². The summed E-state index contributed by atoms with van der Waals surface area (Å²) < 4.78 is 24.6. The van der Waals surface area contributed by atoms with Gasteiger partial charge in [0.25, 0.3) is 5.56 Å². The number of fused-ring (bicyclic) bond motifs is 3. The van der Waals surface area contributed by atoms with Crippen LogP contribution in [0.5, 0.6) is 11.5 Å². The van der Waals surface area contributed by atoms with Crippen LogP contribution in [-0.2, 0) is 6.61 Å². The van der Waals surface area contributed by atoms with Crippen molar-refractivity contribution in [3.05, 3.63) is 117 Å². The van der Waals surface area contributed by atoms with Gasteiger partial charge in [0.15, 0.2) is 0 Å². The van der Waals surface area contributed by atoms with Crippen LogP contribution >= 0.6 is 0 Å². The smallest absolute Gasteiger partial charge is 0.256 e. The van der Waals surface area contributed by atoms with Gasteiger partial charge in [-0.05, 0) is 47.5 Å². The molecule has 162 valence electrons. The van der Waals surface area contributed by atoms with Crippen molar-refractivity contribution >= 4 is 10.9 Å². The van der Waals surface area contributed by atoms with Crippen molar-refractivity contribution in [3.63, 3.8) is 0 Å². The molecule has 7 heteroatoms. The van der Waals surface area contributed by atoms with Crippen LogP contribution in [0.25, 0.3) is 10.9 Å². The number of nitrogens with two attached hydrogens (primary N) is 1. The monoisotopic (exact) mass is 439 g/mol. The van der Waals surface area contributed by atoms with Crippen LogP contribution in [0.2, 0.25) is 0 Å². The van der Waals surface area contributed by atoms with Gasteiger partial charge in [-0.15, -0.1) is 0 Å². The number of pyridine rings is 1. The molecule has 0 aliphatic carbocycles. The number of hydrogen-bond donors (Lipinski definition) is 2. The Morgan fingerprint density at radius 2 is 1.79 bits per heavy atom. The van der Waals surface area contributed by atoms with E-state index < -0.39 is 5.92 Å².